The molecule has 0 fully saturated rings. The number of carbonyl (C=O) groups excluding carboxylic acids is 1. The third-order valence-corrected chi connectivity index (χ3v) is 3.31. The Morgan fingerprint density at radius 3 is 2.67 bits per heavy atom. The molecule has 0 aliphatic heterocycles. The van der Waals surface area contributed by atoms with Crippen molar-refractivity contribution >= 4 is 34.7 Å². The Hall–Kier alpha value is -1.13. The van der Waals surface area contributed by atoms with Gasteiger partial charge in [0.2, 0.25) is 0 Å². The maximum atomic E-state index is 12.3. The molecule has 1 aromatic carbocycles. The van der Waals surface area contributed by atoms with E-state index in [1.165, 1.54) is 0 Å². The first-order chi connectivity index (χ1) is 8.32. The molecule has 0 saturated heterocycles. The van der Waals surface area contributed by atoms with Gasteiger partial charge in [-0.1, -0.05) is 29.9 Å². The van der Waals surface area contributed by atoms with Crippen LogP contribution >= 0.6 is 23.8 Å². The first-order valence-electron chi connectivity index (χ1n) is 5.64. The summed E-state index contributed by atoms with van der Waals surface area (Å²) in [5.41, 5.74) is 7.01. The summed E-state index contributed by atoms with van der Waals surface area (Å²) in [6, 6.07) is 5.34. The number of hydrogen-bond donors (Lipinski definition) is 1. The second kappa shape index (κ2) is 6.16. The van der Waals surface area contributed by atoms with E-state index in [2.05, 4.69) is 0 Å². The summed E-state index contributed by atoms with van der Waals surface area (Å²) >= 11 is 10.9. The van der Waals surface area contributed by atoms with Gasteiger partial charge < -0.3 is 10.6 Å². The summed E-state index contributed by atoms with van der Waals surface area (Å²) in [4.78, 5) is 14.3. The first kappa shape index (κ1) is 14.9. The molecule has 1 unspecified atom stereocenters. The van der Waals surface area contributed by atoms with Crippen molar-refractivity contribution in [2.45, 2.75) is 26.3 Å². The van der Waals surface area contributed by atoms with Crippen molar-refractivity contribution in [2.24, 2.45) is 5.73 Å². The van der Waals surface area contributed by atoms with Crippen LogP contribution in [0.4, 0.5) is 0 Å². The van der Waals surface area contributed by atoms with Crippen LogP contribution in [0.5, 0.6) is 0 Å². The Morgan fingerprint density at radius 1 is 1.56 bits per heavy atom. The lowest BCUT2D eigenvalue weighted by molar-refractivity contribution is 0.0748. The zero-order valence-corrected chi connectivity index (χ0v) is 12.3. The number of halogens is 1. The molecular formula is C13H17ClN2OS. The Bertz CT molecular complexity index is 476. The molecule has 18 heavy (non-hydrogen) atoms. The highest BCUT2D eigenvalue weighted by Gasteiger charge is 2.20. The first-order valence-corrected chi connectivity index (χ1v) is 6.43. The van der Waals surface area contributed by atoms with Crippen molar-refractivity contribution in [3.63, 3.8) is 0 Å². The highest BCUT2D eigenvalue weighted by atomic mass is 35.5. The van der Waals surface area contributed by atoms with Crippen molar-refractivity contribution in [1.29, 1.82) is 0 Å². The second-order valence-electron chi connectivity index (χ2n) is 4.42. The Balaban J connectivity index is 2.89. The number of amides is 1. The molecule has 5 heteroatoms. The molecule has 2 N–H and O–H groups in total. The van der Waals surface area contributed by atoms with Crippen molar-refractivity contribution in [3.8, 4) is 0 Å². The maximum absolute atomic E-state index is 12.3. The van der Waals surface area contributed by atoms with Crippen LogP contribution in [0.25, 0.3) is 0 Å². The van der Waals surface area contributed by atoms with Gasteiger partial charge in [0.1, 0.15) is 0 Å². The highest BCUT2D eigenvalue weighted by Crippen LogP contribution is 2.20. The molecule has 1 atom stereocenters. The van der Waals surface area contributed by atoms with Gasteiger partial charge in [0.25, 0.3) is 5.91 Å². The third-order valence-electron chi connectivity index (χ3n) is 2.83. The van der Waals surface area contributed by atoms with Crippen LogP contribution in [0, 0.1) is 6.92 Å². The second-order valence-corrected chi connectivity index (χ2v) is 5.35. The summed E-state index contributed by atoms with van der Waals surface area (Å²) in [7, 11) is 1.72. The maximum Gasteiger partial charge on any atom is 0.255 e. The quantitative estimate of drug-likeness (QED) is 0.865. The summed E-state index contributed by atoms with van der Waals surface area (Å²) in [6.45, 7) is 3.83. The summed E-state index contributed by atoms with van der Waals surface area (Å²) in [5, 5.41) is 0.467. The van der Waals surface area contributed by atoms with Crippen molar-refractivity contribution in [1.82, 2.24) is 4.90 Å². The van der Waals surface area contributed by atoms with E-state index >= 15 is 0 Å². The minimum Gasteiger partial charge on any atom is -0.393 e. The van der Waals surface area contributed by atoms with Crippen LogP contribution in [0.3, 0.4) is 0 Å². The van der Waals surface area contributed by atoms with Gasteiger partial charge in [0, 0.05) is 19.5 Å². The average Bonchev–Trinajstić information content (AvgIpc) is 2.26. The molecule has 0 aliphatic rings. The van der Waals surface area contributed by atoms with E-state index in [4.69, 9.17) is 29.6 Å². The molecule has 0 spiro atoms. The molecule has 98 valence electrons. The average molecular weight is 285 g/mol. The van der Waals surface area contributed by atoms with Gasteiger partial charge in [-0.25, -0.2) is 0 Å². The Labute approximate surface area is 118 Å². The van der Waals surface area contributed by atoms with E-state index in [1.807, 2.05) is 19.9 Å². The van der Waals surface area contributed by atoms with E-state index in [1.54, 1.807) is 24.1 Å². The number of carbonyl (C=O) groups is 1. The molecule has 0 aliphatic carbocycles. The highest BCUT2D eigenvalue weighted by molar-refractivity contribution is 7.80. The number of hydrogen-bond acceptors (Lipinski definition) is 2. The van der Waals surface area contributed by atoms with Gasteiger partial charge in [0.15, 0.2) is 0 Å². The van der Waals surface area contributed by atoms with Crippen LogP contribution in [0.2, 0.25) is 5.02 Å². The fraction of sp³-hybridized carbons (Fsp3) is 0.385. The standard InChI is InChI=1S/C13H17ClN2OS/c1-8-4-5-10(11(14)6-8)13(17)16(3)9(2)7-12(15)18/h4-6,9H,7H2,1-3H3,(H2,15,18). The Kier molecular flexibility index (Phi) is 5.11. The molecule has 3 nitrogen and oxygen atoms in total. The molecule has 1 amide bonds. The lowest BCUT2D eigenvalue weighted by atomic mass is 10.1. The number of thiocarbonyl (C=S) groups is 1. The van der Waals surface area contributed by atoms with Crippen LogP contribution in [-0.4, -0.2) is 28.9 Å². The van der Waals surface area contributed by atoms with Crippen molar-refractivity contribution in [3.05, 3.63) is 34.3 Å². The zero-order chi connectivity index (χ0) is 13.9. The van der Waals surface area contributed by atoms with E-state index in [9.17, 15) is 4.79 Å². The number of nitrogens with two attached hydrogens (primary N) is 1. The van der Waals surface area contributed by atoms with Gasteiger partial charge in [-0.2, -0.15) is 0 Å². The predicted molar refractivity (Wildman–Crippen MR) is 79.1 cm³/mol. The minimum atomic E-state index is -0.122. The van der Waals surface area contributed by atoms with Crippen molar-refractivity contribution in [2.75, 3.05) is 7.05 Å². The molecule has 0 heterocycles. The minimum absolute atomic E-state index is 0.0487. The van der Waals surface area contributed by atoms with Crippen LogP contribution in [0.1, 0.15) is 29.3 Å². The van der Waals surface area contributed by atoms with E-state index in [-0.39, 0.29) is 11.9 Å². The number of nitrogens with zero attached hydrogens (tertiary/aromatic N) is 1. The monoisotopic (exact) mass is 284 g/mol. The number of benzene rings is 1. The van der Waals surface area contributed by atoms with Gasteiger partial charge in [-0.15, -0.1) is 0 Å². The number of aryl methyl sites for hydroxylation is 1. The molecule has 0 radical (unpaired) electrons. The van der Waals surface area contributed by atoms with Gasteiger partial charge in [0.05, 0.1) is 15.6 Å². The largest absolute Gasteiger partial charge is 0.393 e. The third kappa shape index (κ3) is 3.68. The molecule has 1 aromatic rings. The summed E-state index contributed by atoms with van der Waals surface area (Å²) in [6.07, 6.45) is 0.501. The molecular weight excluding hydrogens is 268 g/mol. The van der Waals surface area contributed by atoms with Gasteiger partial charge in [-0.3, -0.25) is 4.79 Å². The molecule has 1 rings (SSSR count). The van der Waals surface area contributed by atoms with Gasteiger partial charge in [-0.05, 0) is 31.5 Å². The normalized spacial score (nSPS) is 12.0. The fourth-order valence-corrected chi connectivity index (χ4v) is 2.17. The smallest absolute Gasteiger partial charge is 0.255 e. The van der Waals surface area contributed by atoms with Crippen molar-refractivity contribution < 1.29 is 4.79 Å². The zero-order valence-electron chi connectivity index (χ0n) is 10.7. The molecule has 0 bridgehead atoms. The van der Waals surface area contributed by atoms with Crippen LogP contribution in [-0.2, 0) is 0 Å². The summed E-state index contributed by atoms with van der Waals surface area (Å²) in [5.74, 6) is -0.122. The predicted octanol–water partition coefficient (Wildman–Crippen LogP) is 2.79. The number of rotatable bonds is 4. The lowest BCUT2D eigenvalue weighted by Crippen LogP contribution is -2.37. The fourth-order valence-electron chi connectivity index (χ4n) is 1.61. The van der Waals surface area contributed by atoms with Gasteiger partial charge >= 0.3 is 0 Å². The van der Waals surface area contributed by atoms with E-state index < -0.39 is 0 Å². The van der Waals surface area contributed by atoms with E-state index in [0.717, 1.165) is 5.56 Å². The van der Waals surface area contributed by atoms with E-state index in [0.29, 0.717) is 22.0 Å². The topological polar surface area (TPSA) is 46.3 Å². The molecule has 0 saturated carbocycles. The van der Waals surface area contributed by atoms with Crippen LogP contribution < -0.4 is 5.73 Å². The van der Waals surface area contributed by atoms with Crippen LogP contribution in [0.15, 0.2) is 18.2 Å². The SMILES string of the molecule is Cc1ccc(C(=O)N(C)C(C)CC(N)=S)c(Cl)c1. The molecule has 0 aromatic heterocycles. The summed E-state index contributed by atoms with van der Waals surface area (Å²) < 4.78 is 0. The Morgan fingerprint density at radius 2 is 2.17 bits per heavy atom. The lowest BCUT2D eigenvalue weighted by Gasteiger charge is -2.25.